The van der Waals surface area contributed by atoms with Gasteiger partial charge in [-0.15, -0.1) is 6.42 Å². The number of carbonyl (C=O) groups excluding carboxylic acids is 1. The molecule has 1 heterocycles. The van der Waals surface area contributed by atoms with E-state index in [1.165, 1.54) is 7.11 Å². The molecule has 20 heavy (non-hydrogen) atoms. The molecule has 0 aliphatic carbocycles. The zero-order chi connectivity index (χ0) is 14.5. The minimum absolute atomic E-state index is 0.161. The highest BCUT2D eigenvalue weighted by molar-refractivity contribution is 6.35. The fourth-order valence-corrected chi connectivity index (χ4v) is 2.36. The predicted octanol–water partition coefficient (Wildman–Crippen LogP) is 2.13. The number of terminal acetylenes is 1. The van der Waals surface area contributed by atoms with Crippen LogP contribution in [0.25, 0.3) is 10.9 Å². The third kappa shape index (κ3) is 3.13. The lowest BCUT2D eigenvalue weighted by Gasteiger charge is -2.11. The molecule has 1 atom stereocenters. The molecule has 0 aliphatic rings. The number of H-pyrrole nitrogens is 1. The Morgan fingerprint density at radius 3 is 3.10 bits per heavy atom. The Hall–Kier alpha value is -1.96. The first-order valence-electron chi connectivity index (χ1n) is 6.14. The molecular formula is C15H15ClN2O2. The summed E-state index contributed by atoms with van der Waals surface area (Å²) < 4.78 is 4.94. The van der Waals surface area contributed by atoms with Gasteiger partial charge in [0.25, 0.3) is 0 Å². The van der Waals surface area contributed by atoms with Gasteiger partial charge >= 0.3 is 0 Å². The Bertz CT molecular complexity index is 657. The van der Waals surface area contributed by atoms with Gasteiger partial charge in [0.2, 0.25) is 5.91 Å². The number of aromatic amines is 1. The summed E-state index contributed by atoms with van der Waals surface area (Å²) in [6.45, 7) is 0.289. The molecule has 2 rings (SSSR count). The van der Waals surface area contributed by atoms with Crippen LogP contribution in [-0.2, 0) is 16.0 Å². The van der Waals surface area contributed by atoms with Gasteiger partial charge in [0.1, 0.15) is 6.04 Å². The normalized spacial score (nSPS) is 12.1. The van der Waals surface area contributed by atoms with Crippen LogP contribution >= 0.6 is 11.6 Å². The van der Waals surface area contributed by atoms with Crippen molar-refractivity contribution < 1.29 is 9.53 Å². The number of amides is 1. The number of nitrogens with one attached hydrogen (secondary N) is 2. The standard InChI is InChI=1S/C15H15ClN2O2/c1-3-11(9-20-2)18-14(19)7-10-8-17-13-6-4-5-12(16)15(10)13/h1,4-6,8,11,17H,7,9H2,2H3,(H,18,19)/t11-/m1/s1. The molecule has 1 aromatic heterocycles. The quantitative estimate of drug-likeness (QED) is 0.829. The van der Waals surface area contributed by atoms with E-state index in [-0.39, 0.29) is 18.9 Å². The average Bonchev–Trinajstić information content (AvgIpc) is 2.82. The molecular weight excluding hydrogens is 276 g/mol. The fraction of sp³-hybridized carbons (Fsp3) is 0.267. The smallest absolute Gasteiger partial charge is 0.225 e. The fourth-order valence-electron chi connectivity index (χ4n) is 2.06. The van der Waals surface area contributed by atoms with Crippen LogP contribution < -0.4 is 5.32 Å². The van der Waals surface area contributed by atoms with E-state index in [2.05, 4.69) is 16.2 Å². The van der Waals surface area contributed by atoms with E-state index in [0.717, 1.165) is 16.5 Å². The molecule has 1 amide bonds. The van der Waals surface area contributed by atoms with E-state index >= 15 is 0 Å². The summed E-state index contributed by atoms with van der Waals surface area (Å²) in [4.78, 5) is 15.1. The molecule has 1 aromatic carbocycles. The maximum Gasteiger partial charge on any atom is 0.225 e. The van der Waals surface area contributed by atoms with Crippen molar-refractivity contribution in [2.75, 3.05) is 13.7 Å². The number of benzene rings is 1. The summed E-state index contributed by atoms with van der Waals surface area (Å²) in [5.74, 6) is 2.31. The molecule has 104 valence electrons. The van der Waals surface area contributed by atoms with Gasteiger partial charge in [0, 0.05) is 24.2 Å². The molecule has 0 radical (unpaired) electrons. The maximum atomic E-state index is 12.0. The number of fused-ring (bicyclic) bond motifs is 1. The molecule has 0 unspecified atom stereocenters. The zero-order valence-corrected chi connectivity index (χ0v) is 11.8. The van der Waals surface area contributed by atoms with Crippen molar-refractivity contribution in [2.24, 2.45) is 0 Å². The van der Waals surface area contributed by atoms with Crippen LogP contribution in [0.1, 0.15) is 5.56 Å². The number of methoxy groups -OCH3 is 1. The first-order chi connectivity index (χ1) is 9.65. The molecule has 0 spiro atoms. The van der Waals surface area contributed by atoms with Crippen LogP contribution in [0.4, 0.5) is 0 Å². The number of hydrogen-bond acceptors (Lipinski definition) is 2. The second-order valence-electron chi connectivity index (χ2n) is 4.40. The molecule has 0 bridgehead atoms. The molecule has 2 N–H and O–H groups in total. The van der Waals surface area contributed by atoms with Gasteiger partial charge in [0.05, 0.1) is 18.1 Å². The van der Waals surface area contributed by atoms with Gasteiger partial charge in [-0.25, -0.2) is 0 Å². The van der Waals surface area contributed by atoms with Gasteiger partial charge in [-0.3, -0.25) is 4.79 Å². The Morgan fingerprint density at radius 1 is 1.60 bits per heavy atom. The van der Waals surface area contributed by atoms with Crippen molar-refractivity contribution in [2.45, 2.75) is 12.5 Å². The highest BCUT2D eigenvalue weighted by Crippen LogP contribution is 2.26. The second-order valence-corrected chi connectivity index (χ2v) is 4.80. The largest absolute Gasteiger partial charge is 0.382 e. The lowest BCUT2D eigenvalue weighted by atomic mass is 10.1. The van der Waals surface area contributed by atoms with Crippen LogP contribution in [-0.4, -0.2) is 30.6 Å². The Balaban J connectivity index is 2.13. The summed E-state index contributed by atoms with van der Waals surface area (Å²) in [6.07, 6.45) is 7.33. The molecule has 0 saturated carbocycles. The van der Waals surface area contributed by atoms with Crippen LogP contribution in [0, 0.1) is 12.3 Å². The van der Waals surface area contributed by atoms with Crippen molar-refractivity contribution in [3.8, 4) is 12.3 Å². The first kappa shape index (κ1) is 14.4. The topological polar surface area (TPSA) is 54.1 Å². The van der Waals surface area contributed by atoms with Crippen molar-refractivity contribution in [1.29, 1.82) is 0 Å². The lowest BCUT2D eigenvalue weighted by Crippen LogP contribution is -2.37. The molecule has 2 aromatic rings. The van der Waals surface area contributed by atoms with Crippen LogP contribution in [0.15, 0.2) is 24.4 Å². The van der Waals surface area contributed by atoms with E-state index in [9.17, 15) is 4.79 Å². The van der Waals surface area contributed by atoms with Gasteiger partial charge < -0.3 is 15.0 Å². The summed E-state index contributed by atoms with van der Waals surface area (Å²) in [6, 6.07) is 5.15. The van der Waals surface area contributed by atoms with Gasteiger partial charge in [-0.1, -0.05) is 23.6 Å². The number of ether oxygens (including phenoxy) is 1. The summed E-state index contributed by atoms with van der Waals surface area (Å²) in [5.41, 5.74) is 1.75. The number of carbonyl (C=O) groups is 1. The molecule has 5 heteroatoms. The monoisotopic (exact) mass is 290 g/mol. The minimum atomic E-state index is -0.423. The van der Waals surface area contributed by atoms with Crippen LogP contribution in [0.2, 0.25) is 5.02 Å². The predicted molar refractivity (Wildman–Crippen MR) is 79.7 cm³/mol. The van der Waals surface area contributed by atoms with E-state index < -0.39 is 6.04 Å². The van der Waals surface area contributed by atoms with E-state index in [4.69, 9.17) is 22.8 Å². The molecule has 0 fully saturated rings. The lowest BCUT2D eigenvalue weighted by molar-refractivity contribution is -0.121. The van der Waals surface area contributed by atoms with E-state index in [0.29, 0.717) is 5.02 Å². The van der Waals surface area contributed by atoms with E-state index in [1.807, 2.05) is 12.1 Å². The van der Waals surface area contributed by atoms with Crippen molar-refractivity contribution in [3.63, 3.8) is 0 Å². The number of aromatic nitrogens is 1. The Labute approximate surface area is 122 Å². The van der Waals surface area contributed by atoms with Crippen molar-refractivity contribution in [3.05, 3.63) is 35.0 Å². The third-order valence-corrected chi connectivity index (χ3v) is 3.27. The van der Waals surface area contributed by atoms with Gasteiger partial charge in [-0.05, 0) is 17.7 Å². The van der Waals surface area contributed by atoms with Crippen LogP contribution in [0.3, 0.4) is 0 Å². The summed E-state index contributed by atoms with van der Waals surface area (Å²) >= 11 is 6.17. The minimum Gasteiger partial charge on any atom is -0.382 e. The van der Waals surface area contributed by atoms with Crippen LogP contribution in [0.5, 0.6) is 0 Å². The molecule has 0 saturated heterocycles. The maximum absolute atomic E-state index is 12.0. The van der Waals surface area contributed by atoms with Gasteiger partial charge in [-0.2, -0.15) is 0 Å². The average molecular weight is 291 g/mol. The van der Waals surface area contributed by atoms with Crippen molar-refractivity contribution in [1.82, 2.24) is 10.3 Å². The Kier molecular flexibility index (Phi) is 4.67. The van der Waals surface area contributed by atoms with Gasteiger partial charge in [0.15, 0.2) is 0 Å². The number of halogens is 1. The number of rotatable bonds is 5. The zero-order valence-electron chi connectivity index (χ0n) is 11.1. The number of hydrogen-bond donors (Lipinski definition) is 2. The second kappa shape index (κ2) is 6.47. The SMILES string of the molecule is C#C[C@H](COC)NC(=O)Cc1c[nH]c2cccc(Cl)c12. The molecule has 4 nitrogen and oxygen atoms in total. The highest BCUT2D eigenvalue weighted by atomic mass is 35.5. The Morgan fingerprint density at radius 2 is 2.40 bits per heavy atom. The van der Waals surface area contributed by atoms with E-state index in [1.54, 1.807) is 12.3 Å². The summed E-state index contributed by atoms with van der Waals surface area (Å²) in [7, 11) is 1.54. The van der Waals surface area contributed by atoms with Crippen molar-refractivity contribution >= 4 is 28.4 Å². The molecule has 0 aliphatic heterocycles. The summed E-state index contributed by atoms with van der Waals surface area (Å²) in [5, 5.41) is 4.22. The highest BCUT2D eigenvalue weighted by Gasteiger charge is 2.13. The third-order valence-electron chi connectivity index (χ3n) is 2.96. The first-order valence-corrected chi connectivity index (χ1v) is 6.52.